The van der Waals surface area contributed by atoms with Crippen LogP contribution >= 0.6 is 11.6 Å². The molecule has 3 nitrogen and oxygen atoms in total. The van der Waals surface area contributed by atoms with E-state index in [1.165, 1.54) is 0 Å². The highest BCUT2D eigenvalue weighted by Crippen LogP contribution is 2.28. The van der Waals surface area contributed by atoms with E-state index in [4.69, 9.17) is 26.8 Å². The van der Waals surface area contributed by atoms with Gasteiger partial charge in [0.2, 0.25) is 0 Å². The predicted octanol–water partition coefficient (Wildman–Crippen LogP) is 2.01. The Morgan fingerprint density at radius 1 is 1.50 bits per heavy atom. The highest BCUT2D eigenvalue weighted by Gasteiger charge is 2.19. The smallest absolute Gasteiger partial charge is 0.124 e. The molecule has 1 aliphatic rings. The van der Waals surface area contributed by atoms with Crippen LogP contribution in [0, 0.1) is 0 Å². The standard InChI is InChI=1S/C12H16ClNO2/c13-11-2-1-3-12(10(11)4-6-14)16-9-5-7-15-8-9/h1-3,9H,4-8,14H2. The fraction of sp³-hybridized carbons (Fsp3) is 0.500. The van der Waals surface area contributed by atoms with Gasteiger partial charge in [-0.3, -0.25) is 0 Å². The van der Waals surface area contributed by atoms with Crippen LogP contribution in [0.15, 0.2) is 18.2 Å². The summed E-state index contributed by atoms with van der Waals surface area (Å²) in [6.45, 7) is 2.01. The lowest BCUT2D eigenvalue weighted by Gasteiger charge is -2.16. The molecule has 1 heterocycles. The maximum absolute atomic E-state index is 6.13. The fourth-order valence-corrected chi connectivity index (χ4v) is 2.08. The second kappa shape index (κ2) is 5.53. The molecule has 1 saturated heterocycles. The van der Waals surface area contributed by atoms with Gasteiger partial charge >= 0.3 is 0 Å². The molecule has 88 valence electrons. The number of hydrogen-bond donors (Lipinski definition) is 1. The molecule has 1 atom stereocenters. The molecule has 0 spiro atoms. The first-order chi connectivity index (χ1) is 7.81. The summed E-state index contributed by atoms with van der Waals surface area (Å²) in [5.74, 6) is 0.841. The Balaban J connectivity index is 2.14. The number of rotatable bonds is 4. The number of nitrogens with two attached hydrogens (primary N) is 1. The lowest BCUT2D eigenvalue weighted by atomic mass is 10.1. The molecule has 4 heteroatoms. The third-order valence-corrected chi connectivity index (χ3v) is 3.01. The van der Waals surface area contributed by atoms with Gasteiger partial charge in [-0.15, -0.1) is 0 Å². The first kappa shape index (κ1) is 11.7. The van der Waals surface area contributed by atoms with Crippen LogP contribution in [0.3, 0.4) is 0 Å². The molecule has 0 aromatic heterocycles. The van der Waals surface area contributed by atoms with E-state index < -0.39 is 0 Å². The summed E-state index contributed by atoms with van der Waals surface area (Å²) in [5, 5.41) is 0.724. The molecule has 2 N–H and O–H groups in total. The maximum Gasteiger partial charge on any atom is 0.124 e. The minimum atomic E-state index is 0.148. The number of benzene rings is 1. The Morgan fingerprint density at radius 3 is 3.06 bits per heavy atom. The van der Waals surface area contributed by atoms with Crippen molar-refractivity contribution in [3.05, 3.63) is 28.8 Å². The zero-order valence-electron chi connectivity index (χ0n) is 9.12. The van der Waals surface area contributed by atoms with Gasteiger partial charge in [-0.25, -0.2) is 0 Å². The first-order valence-electron chi connectivity index (χ1n) is 5.53. The Labute approximate surface area is 100 Å². The van der Waals surface area contributed by atoms with Crippen LogP contribution in [0.25, 0.3) is 0 Å². The van der Waals surface area contributed by atoms with Gasteiger partial charge in [0, 0.05) is 17.0 Å². The van der Waals surface area contributed by atoms with Crippen molar-refractivity contribution in [2.75, 3.05) is 19.8 Å². The Bertz CT molecular complexity index is 351. The zero-order valence-corrected chi connectivity index (χ0v) is 9.87. The second-order valence-corrected chi connectivity index (χ2v) is 4.27. The van der Waals surface area contributed by atoms with E-state index in [9.17, 15) is 0 Å². The largest absolute Gasteiger partial charge is 0.488 e. The van der Waals surface area contributed by atoms with Crippen molar-refractivity contribution >= 4 is 11.6 Å². The van der Waals surface area contributed by atoms with E-state index in [0.717, 1.165) is 35.8 Å². The van der Waals surface area contributed by atoms with Crippen LogP contribution in [0.1, 0.15) is 12.0 Å². The van der Waals surface area contributed by atoms with Gasteiger partial charge in [0.1, 0.15) is 11.9 Å². The molecule has 1 aromatic carbocycles. The molecule has 16 heavy (non-hydrogen) atoms. The van der Waals surface area contributed by atoms with Gasteiger partial charge < -0.3 is 15.2 Å². The molecule has 1 aromatic rings. The highest BCUT2D eigenvalue weighted by atomic mass is 35.5. The third kappa shape index (κ3) is 2.67. The quantitative estimate of drug-likeness (QED) is 0.877. The van der Waals surface area contributed by atoms with Crippen LogP contribution in [0.2, 0.25) is 5.02 Å². The molecule has 0 radical (unpaired) electrons. The van der Waals surface area contributed by atoms with Gasteiger partial charge in [-0.1, -0.05) is 17.7 Å². The molecule has 0 saturated carbocycles. The summed E-state index contributed by atoms with van der Waals surface area (Å²) < 4.78 is 11.2. The SMILES string of the molecule is NCCc1c(Cl)cccc1OC1CCOC1. The van der Waals surface area contributed by atoms with Crippen LogP contribution in [-0.2, 0) is 11.2 Å². The predicted molar refractivity (Wildman–Crippen MR) is 64.1 cm³/mol. The van der Waals surface area contributed by atoms with Crippen molar-refractivity contribution in [3.63, 3.8) is 0 Å². The van der Waals surface area contributed by atoms with E-state index in [0.29, 0.717) is 13.2 Å². The van der Waals surface area contributed by atoms with Crippen LogP contribution < -0.4 is 10.5 Å². The third-order valence-electron chi connectivity index (χ3n) is 2.65. The normalized spacial score (nSPS) is 20.0. The molecule has 2 rings (SSSR count). The second-order valence-electron chi connectivity index (χ2n) is 3.86. The Kier molecular flexibility index (Phi) is 4.04. The van der Waals surface area contributed by atoms with Crippen molar-refractivity contribution < 1.29 is 9.47 Å². The molecular weight excluding hydrogens is 226 g/mol. The number of hydrogen-bond acceptors (Lipinski definition) is 3. The number of halogens is 1. The van der Waals surface area contributed by atoms with Gasteiger partial charge in [-0.2, -0.15) is 0 Å². The van der Waals surface area contributed by atoms with Gasteiger partial charge in [0.05, 0.1) is 13.2 Å². The van der Waals surface area contributed by atoms with Gasteiger partial charge in [0.25, 0.3) is 0 Å². The summed E-state index contributed by atoms with van der Waals surface area (Å²) in [6, 6.07) is 5.70. The average Bonchev–Trinajstić information content (AvgIpc) is 2.76. The van der Waals surface area contributed by atoms with E-state index in [2.05, 4.69) is 0 Å². The molecule has 1 aliphatic heterocycles. The van der Waals surface area contributed by atoms with Crippen molar-refractivity contribution in [3.8, 4) is 5.75 Å². The lowest BCUT2D eigenvalue weighted by molar-refractivity contribution is 0.140. The average molecular weight is 242 g/mol. The molecular formula is C12H16ClNO2. The summed E-state index contributed by atoms with van der Waals surface area (Å²) in [7, 11) is 0. The van der Waals surface area contributed by atoms with E-state index >= 15 is 0 Å². The molecule has 0 bridgehead atoms. The minimum Gasteiger partial charge on any atom is -0.488 e. The fourth-order valence-electron chi connectivity index (χ4n) is 1.82. The highest BCUT2D eigenvalue weighted by molar-refractivity contribution is 6.31. The minimum absolute atomic E-state index is 0.148. The Morgan fingerprint density at radius 2 is 2.38 bits per heavy atom. The van der Waals surface area contributed by atoms with Crippen molar-refractivity contribution in [1.82, 2.24) is 0 Å². The van der Waals surface area contributed by atoms with Crippen molar-refractivity contribution in [1.29, 1.82) is 0 Å². The number of ether oxygens (including phenoxy) is 2. The summed E-state index contributed by atoms with van der Waals surface area (Å²) in [5.41, 5.74) is 6.57. The monoisotopic (exact) mass is 241 g/mol. The van der Waals surface area contributed by atoms with Crippen molar-refractivity contribution in [2.45, 2.75) is 18.9 Å². The molecule has 1 unspecified atom stereocenters. The van der Waals surface area contributed by atoms with E-state index in [-0.39, 0.29) is 6.10 Å². The molecule has 0 aliphatic carbocycles. The zero-order chi connectivity index (χ0) is 11.4. The molecule has 1 fully saturated rings. The van der Waals surface area contributed by atoms with E-state index in [1.807, 2.05) is 18.2 Å². The summed E-state index contributed by atoms with van der Waals surface area (Å²) >= 11 is 6.13. The molecule has 0 amide bonds. The van der Waals surface area contributed by atoms with Crippen molar-refractivity contribution in [2.24, 2.45) is 5.73 Å². The lowest BCUT2D eigenvalue weighted by Crippen LogP contribution is -2.17. The topological polar surface area (TPSA) is 44.5 Å². The summed E-state index contributed by atoms with van der Waals surface area (Å²) in [6.07, 6.45) is 1.83. The van der Waals surface area contributed by atoms with Gasteiger partial charge in [-0.05, 0) is 25.1 Å². The van der Waals surface area contributed by atoms with E-state index in [1.54, 1.807) is 0 Å². The Hall–Kier alpha value is -0.770. The van der Waals surface area contributed by atoms with Crippen LogP contribution in [0.5, 0.6) is 5.75 Å². The van der Waals surface area contributed by atoms with Crippen LogP contribution in [-0.4, -0.2) is 25.9 Å². The maximum atomic E-state index is 6.13. The summed E-state index contributed by atoms with van der Waals surface area (Å²) in [4.78, 5) is 0. The van der Waals surface area contributed by atoms with Gasteiger partial charge in [0.15, 0.2) is 0 Å². The first-order valence-corrected chi connectivity index (χ1v) is 5.91. The van der Waals surface area contributed by atoms with Crippen LogP contribution in [0.4, 0.5) is 0 Å².